The lowest BCUT2D eigenvalue weighted by atomic mass is 9.84. The number of aromatic nitrogens is 2. The highest BCUT2D eigenvalue weighted by Gasteiger charge is 2.23. The van der Waals surface area contributed by atoms with E-state index in [9.17, 15) is 0 Å². The molecule has 3 rings (SSSR count). The molecular weight excluding hydrogens is 272 g/mol. The minimum atomic E-state index is 0.425. The van der Waals surface area contributed by atoms with Gasteiger partial charge in [-0.2, -0.15) is 0 Å². The van der Waals surface area contributed by atoms with Crippen molar-refractivity contribution < 1.29 is 4.42 Å². The second-order valence-corrected chi connectivity index (χ2v) is 5.35. The average Bonchev–Trinajstić information content (AvgIpc) is 2.78. The van der Waals surface area contributed by atoms with E-state index in [4.69, 9.17) is 16.6 Å². The van der Waals surface area contributed by atoms with E-state index >= 15 is 0 Å². The first kappa shape index (κ1) is 13.1. The zero-order chi connectivity index (χ0) is 13.9. The van der Waals surface area contributed by atoms with Crippen molar-refractivity contribution in [1.82, 2.24) is 9.97 Å². The molecule has 5 nitrogen and oxygen atoms in total. The maximum atomic E-state index is 5.66. The van der Waals surface area contributed by atoms with Gasteiger partial charge in [0.25, 0.3) is 0 Å². The number of aryl methyl sites for hydroxylation is 1. The Bertz CT molecular complexity index is 621. The Hall–Kier alpha value is -1.95. The van der Waals surface area contributed by atoms with Crippen LogP contribution in [0.15, 0.2) is 28.9 Å². The maximum absolute atomic E-state index is 5.66. The largest absolute Gasteiger partial charge is 0.428 e. The third kappa shape index (κ3) is 2.80. The molecule has 1 aliphatic rings. The first-order valence-electron chi connectivity index (χ1n) is 6.68. The molecule has 0 amide bonds. The van der Waals surface area contributed by atoms with Crippen molar-refractivity contribution in [2.45, 2.75) is 32.1 Å². The number of nitrogens with zero attached hydrogens (tertiary/aromatic N) is 2. The van der Waals surface area contributed by atoms with Crippen LogP contribution in [0.3, 0.4) is 0 Å². The molecule has 2 aromatic heterocycles. The summed E-state index contributed by atoms with van der Waals surface area (Å²) in [5.41, 5.74) is 1.03. The van der Waals surface area contributed by atoms with Gasteiger partial charge in [0.15, 0.2) is 5.11 Å². The fourth-order valence-electron chi connectivity index (χ4n) is 2.08. The highest BCUT2D eigenvalue weighted by Crippen LogP contribution is 2.37. The summed E-state index contributed by atoms with van der Waals surface area (Å²) in [5, 5.41) is 6.40. The molecule has 0 aliphatic heterocycles. The maximum Gasteiger partial charge on any atom is 0.301 e. The van der Waals surface area contributed by atoms with Gasteiger partial charge in [-0.05, 0) is 43.6 Å². The number of hydrogen-bond acceptors (Lipinski definition) is 4. The molecule has 0 atom stereocenters. The van der Waals surface area contributed by atoms with Crippen molar-refractivity contribution in [1.29, 1.82) is 0 Å². The molecule has 2 aromatic rings. The number of anilines is 2. The van der Waals surface area contributed by atoms with Crippen molar-refractivity contribution in [2.24, 2.45) is 0 Å². The zero-order valence-electron chi connectivity index (χ0n) is 11.2. The number of oxazole rings is 1. The molecular formula is C14H16N4OS. The van der Waals surface area contributed by atoms with E-state index in [1.165, 1.54) is 19.3 Å². The van der Waals surface area contributed by atoms with Crippen molar-refractivity contribution in [3.05, 3.63) is 35.9 Å². The lowest BCUT2D eigenvalue weighted by molar-refractivity contribution is 0.351. The molecule has 0 saturated heterocycles. The van der Waals surface area contributed by atoms with Gasteiger partial charge in [-0.25, -0.2) is 9.97 Å². The average molecular weight is 288 g/mol. The van der Waals surface area contributed by atoms with Crippen LogP contribution < -0.4 is 10.6 Å². The molecule has 0 bridgehead atoms. The second-order valence-electron chi connectivity index (χ2n) is 4.94. The van der Waals surface area contributed by atoms with E-state index in [0.29, 0.717) is 17.0 Å². The molecule has 1 fully saturated rings. The number of pyridine rings is 1. The molecule has 0 radical (unpaired) electrons. The summed E-state index contributed by atoms with van der Waals surface area (Å²) in [4.78, 5) is 8.42. The molecule has 1 aliphatic carbocycles. The summed E-state index contributed by atoms with van der Waals surface area (Å²) in [6.45, 7) is 1.97. The lowest BCUT2D eigenvalue weighted by Gasteiger charge is -2.22. The van der Waals surface area contributed by atoms with Crippen LogP contribution in [0.25, 0.3) is 0 Å². The topological polar surface area (TPSA) is 63.0 Å². The molecule has 0 unspecified atom stereocenters. The lowest BCUT2D eigenvalue weighted by Crippen LogP contribution is -2.20. The standard InChI is InChI=1S/C14H16N4OS/c1-9-4-3-7-15-12(9)17-14(20)18-13-16-8-11(19-13)10-5-2-6-10/h3-4,7-8,10H,2,5-6H2,1H3,(H2,15,16,17,18,20). The molecule has 104 valence electrons. The number of thiocarbonyl (C=S) groups is 1. The molecule has 0 aromatic carbocycles. The van der Waals surface area contributed by atoms with Crippen LogP contribution in [0.1, 0.15) is 36.5 Å². The van der Waals surface area contributed by atoms with Crippen molar-refractivity contribution in [3.8, 4) is 0 Å². The Labute approximate surface area is 122 Å². The summed E-state index contributed by atoms with van der Waals surface area (Å²) in [5.74, 6) is 2.20. The van der Waals surface area contributed by atoms with Gasteiger partial charge in [0.1, 0.15) is 11.6 Å². The van der Waals surface area contributed by atoms with Crippen molar-refractivity contribution >= 4 is 29.2 Å². The van der Waals surface area contributed by atoms with Crippen molar-refractivity contribution in [2.75, 3.05) is 10.6 Å². The van der Waals surface area contributed by atoms with Gasteiger partial charge < -0.3 is 9.73 Å². The van der Waals surface area contributed by atoms with Gasteiger partial charge in [0, 0.05) is 12.1 Å². The monoisotopic (exact) mass is 288 g/mol. The Morgan fingerprint density at radius 2 is 2.20 bits per heavy atom. The van der Waals surface area contributed by atoms with Crippen LogP contribution in [-0.4, -0.2) is 15.1 Å². The van der Waals surface area contributed by atoms with E-state index in [1.807, 2.05) is 19.1 Å². The van der Waals surface area contributed by atoms with E-state index in [0.717, 1.165) is 17.1 Å². The molecule has 20 heavy (non-hydrogen) atoms. The van der Waals surface area contributed by atoms with Crippen LogP contribution in [0.2, 0.25) is 0 Å². The van der Waals surface area contributed by atoms with E-state index in [2.05, 4.69) is 20.6 Å². The summed E-state index contributed by atoms with van der Waals surface area (Å²) in [6.07, 6.45) is 7.14. The Morgan fingerprint density at radius 1 is 1.35 bits per heavy atom. The van der Waals surface area contributed by atoms with E-state index in [1.54, 1.807) is 12.4 Å². The van der Waals surface area contributed by atoms with Gasteiger partial charge in [0.05, 0.1) is 6.20 Å². The van der Waals surface area contributed by atoms with Crippen LogP contribution in [0.5, 0.6) is 0 Å². The molecule has 1 saturated carbocycles. The third-order valence-electron chi connectivity index (χ3n) is 3.49. The first-order valence-corrected chi connectivity index (χ1v) is 7.08. The molecule has 2 N–H and O–H groups in total. The first-order chi connectivity index (χ1) is 9.72. The Balaban J connectivity index is 1.61. The Kier molecular flexibility index (Phi) is 3.64. The zero-order valence-corrected chi connectivity index (χ0v) is 12.0. The summed E-state index contributed by atoms with van der Waals surface area (Å²) < 4.78 is 5.66. The molecule has 6 heteroatoms. The predicted octanol–water partition coefficient (Wildman–Crippen LogP) is 3.45. The summed E-state index contributed by atoms with van der Waals surface area (Å²) in [6, 6.07) is 4.28. The van der Waals surface area contributed by atoms with Crippen LogP contribution >= 0.6 is 12.2 Å². The highest BCUT2D eigenvalue weighted by molar-refractivity contribution is 7.80. The molecule has 0 spiro atoms. The van der Waals surface area contributed by atoms with Crippen LogP contribution in [0.4, 0.5) is 11.8 Å². The van der Waals surface area contributed by atoms with Crippen LogP contribution in [-0.2, 0) is 0 Å². The summed E-state index contributed by atoms with van der Waals surface area (Å²) >= 11 is 5.23. The fraction of sp³-hybridized carbons (Fsp3) is 0.357. The SMILES string of the molecule is Cc1cccnc1NC(=S)Nc1ncc(C2CCC2)o1. The Morgan fingerprint density at radius 3 is 2.90 bits per heavy atom. The number of rotatable bonds is 3. The van der Waals surface area contributed by atoms with Gasteiger partial charge >= 0.3 is 6.01 Å². The minimum absolute atomic E-state index is 0.425. The van der Waals surface area contributed by atoms with Gasteiger partial charge in [-0.3, -0.25) is 5.32 Å². The number of nitrogens with one attached hydrogen (secondary N) is 2. The predicted molar refractivity (Wildman–Crippen MR) is 81.9 cm³/mol. The van der Waals surface area contributed by atoms with Crippen molar-refractivity contribution in [3.63, 3.8) is 0 Å². The smallest absolute Gasteiger partial charge is 0.301 e. The quantitative estimate of drug-likeness (QED) is 0.843. The minimum Gasteiger partial charge on any atom is -0.428 e. The van der Waals surface area contributed by atoms with Crippen LogP contribution in [0, 0.1) is 6.92 Å². The highest BCUT2D eigenvalue weighted by atomic mass is 32.1. The van der Waals surface area contributed by atoms with Gasteiger partial charge in [-0.15, -0.1) is 0 Å². The van der Waals surface area contributed by atoms with Gasteiger partial charge in [-0.1, -0.05) is 12.5 Å². The molecule has 2 heterocycles. The third-order valence-corrected chi connectivity index (χ3v) is 3.70. The normalized spacial score (nSPS) is 14.7. The van der Waals surface area contributed by atoms with E-state index < -0.39 is 0 Å². The second kappa shape index (κ2) is 5.58. The van der Waals surface area contributed by atoms with E-state index in [-0.39, 0.29) is 0 Å². The fourth-order valence-corrected chi connectivity index (χ4v) is 2.26. The number of hydrogen-bond donors (Lipinski definition) is 2. The van der Waals surface area contributed by atoms with Gasteiger partial charge in [0.2, 0.25) is 0 Å². The summed E-state index contributed by atoms with van der Waals surface area (Å²) in [7, 11) is 0.